The summed E-state index contributed by atoms with van der Waals surface area (Å²) in [6, 6.07) is 0. The van der Waals surface area contributed by atoms with Crippen LogP contribution in [0, 0.1) is 0 Å². The minimum atomic E-state index is -4.30. The van der Waals surface area contributed by atoms with Gasteiger partial charge in [0, 0.05) is 19.6 Å². The first-order valence-corrected chi connectivity index (χ1v) is 21.9. The maximum Gasteiger partial charge on any atom is 0.472 e. The van der Waals surface area contributed by atoms with E-state index >= 15 is 0 Å². The fraction of sp³-hybridized carbons (Fsp3) is 0.578. The molecule has 2 atom stereocenters. The van der Waals surface area contributed by atoms with Gasteiger partial charge in [-0.1, -0.05) is 136 Å². The molecule has 54 heavy (non-hydrogen) atoms. The summed E-state index contributed by atoms with van der Waals surface area (Å²) in [7, 11) is -4.30. The van der Waals surface area contributed by atoms with Gasteiger partial charge < -0.3 is 20.1 Å². The number of nitrogens with two attached hydrogens (primary N) is 1. The Morgan fingerprint density at radius 1 is 0.556 bits per heavy atom. The Morgan fingerprint density at radius 2 is 0.981 bits per heavy atom. The lowest BCUT2D eigenvalue weighted by Gasteiger charge is -2.20. The van der Waals surface area contributed by atoms with Crippen molar-refractivity contribution in [3.05, 3.63) is 109 Å². The lowest BCUT2D eigenvalue weighted by atomic mass is 10.1. The molecule has 3 N–H and O–H groups in total. The van der Waals surface area contributed by atoms with E-state index in [4.69, 9.17) is 24.3 Å². The quantitative estimate of drug-likeness (QED) is 0.0277. The number of unbranched alkanes of at least 4 members (excludes halogenated alkanes) is 6. The third-order valence-corrected chi connectivity index (χ3v) is 8.67. The van der Waals surface area contributed by atoms with E-state index in [1.165, 1.54) is 0 Å². The first-order valence-electron chi connectivity index (χ1n) is 20.4. The molecule has 0 aliphatic heterocycles. The molecule has 0 aliphatic rings. The van der Waals surface area contributed by atoms with Crippen molar-refractivity contribution in [1.29, 1.82) is 0 Å². The molecule has 0 aromatic heterocycles. The van der Waals surface area contributed by atoms with E-state index in [2.05, 4.69) is 123 Å². The molecule has 0 radical (unpaired) electrons. The monoisotopic (exact) mass is 772 g/mol. The van der Waals surface area contributed by atoms with Crippen LogP contribution in [0.15, 0.2) is 109 Å². The molecule has 0 saturated heterocycles. The number of phosphoric acid groups is 1. The van der Waals surface area contributed by atoms with Crippen molar-refractivity contribution in [2.24, 2.45) is 5.73 Å². The SMILES string of the molecule is CC/C=C\C/C=C\C/C=C\C/C=C\C/C=C\CCCCCCOCC(COP(=O)(O)OCCN)OC(=O)CCCC/C=C\C/C=C\C/C=C\C/C=C\CC. The first kappa shape index (κ1) is 51.2. The Kier molecular flexibility index (Phi) is 39.2. The molecule has 2 unspecified atom stereocenters. The third kappa shape index (κ3) is 40.3. The van der Waals surface area contributed by atoms with Crippen LogP contribution in [0.2, 0.25) is 0 Å². The maximum absolute atomic E-state index is 12.5. The largest absolute Gasteiger partial charge is 0.472 e. The second kappa shape index (κ2) is 41.3. The van der Waals surface area contributed by atoms with Crippen LogP contribution in [0.3, 0.4) is 0 Å². The van der Waals surface area contributed by atoms with Gasteiger partial charge in [-0.15, -0.1) is 0 Å². The molecular weight excluding hydrogens is 697 g/mol. The molecule has 0 aromatic carbocycles. The molecule has 0 rings (SSSR count). The van der Waals surface area contributed by atoms with Crippen LogP contribution in [-0.2, 0) is 27.9 Å². The smallest absolute Gasteiger partial charge is 0.457 e. The average molecular weight is 772 g/mol. The fourth-order valence-electron chi connectivity index (χ4n) is 4.78. The minimum absolute atomic E-state index is 0.0740. The number of allylic oxidation sites excluding steroid dienone is 18. The molecule has 0 bridgehead atoms. The van der Waals surface area contributed by atoms with E-state index in [-0.39, 0.29) is 38.8 Å². The predicted octanol–water partition coefficient (Wildman–Crippen LogP) is 12.1. The molecule has 0 aromatic rings. The van der Waals surface area contributed by atoms with Gasteiger partial charge in [-0.25, -0.2) is 4.57 Å². The van der Waals surface area contributed by atoms with Gasteiger partial charge in [-0.2, -0.15) is 0 Å². The van der Waals surface area contributed by atoms with Crippen LogP contribution in [0.4, 0.5) is 0 Å². The van der Waals surface area contributed by atoms with E-state index < -0.39 is 13.9 Å². The molecule has 0 spiro atoms. The van der Waals surface area contributed by atoms with Crippen molar-refractivity contribution in [2.75, 3.05) is 33.0 Å². The number of phosphoric ester groups is 1. The zero-order chi connectivity index (χ0) is 39.5. The lowest BCUT2D eigenvalue weighted by Crippen LogP contribution is -2.28. The minimum Gasteiger partial charge on any atom is -0.457 e. The van der Waals surface area contributed by atoms with Crippen molar-refractivity contribution in [1.82, 2.24) is 0 Å². The maximum atomic E-state index is 12.5. The van der Waals surface area contributed by atoms with Gasteiger partial charge in [0.2, 0.25) is 0 Å². The van der Waals surface area contributed by atoms with Gasteiger partial charge in [-0.05, 0) is 96.3 Å². The highest BCUT2D eigenvalue weighted by molar-refractivity contribution is 7.47. The summed E-state index contributed by atoms with van der Waals surface area (Å²) in [5.74, 6) is -0.386. The number of hydrogen-bond acceptors (Lipinski definition) is 7. The number of hydrogen-bond donors (Lipinski definition) is 2. The van der Waals surface area contributed by atoms with Gasteiger partial charge in [0.15, 0.2) is 0 Å². The van der Waals surface area contributed by atoms with E-state index in [9.17, 15) is 14.3 Å². The number of esters is 1. The third-order valence-electron chi connectivity index (χ3n) is 7.69. The van der Waals surface area contributed by atoms with Crippen LogP contribution in [0.1, 0.15) is 129 Å². The zero-order valence-corrected chi connectivity index (χ0v) is 34.5. The Bertz CT molecular complexity index is 1180. The van der Waals surface area contributed by atoms with Crippen LogP contribution in [-0.4, -0.2) is 49.9 Å². The van der Waals surface area contributed by atoms with Gasteiger partial charge in [0.25, 0.3) is 0 Å². The average Bonchev–Trinajstić information content (AvgIpc) is 3.16. The van der Waals surface area contributed by atoms with Crippen LogP contribution in [0.25, 0.3) is 0 Å². The summed E-state index contributed by atoms with van der Waals surface area (Å²) >= 11 is 0. The van der Waals surface area contributed by atoms with Gasteiger partial charge in [0.1, 0.15) is 6.10 Å². The lowest BCUT2D eigenvalue weighted by molar-refractivity contribution is -0.154. The predicted molar refractivity (Wildman–Crippen MR) is 228 cm³/mol. The highest BCUT2D eigenvalue weighted by Crippen LogP contribution is 2.43. The van der Waals surface area contributed by atoms with Crippen molar-refractivity contribution in [3.8, 4) is 0 Å². The topological polar surface area (TPSA) is 117 Å². The van der Waals surface area contributed by atoms with Crippen LogP contribution < -0.4 is 5.73 Å². The Balaban J connectivity index is 4.21. The number of carbonyl (C=O) groups is 1. The standard InChI is InChI=1S/C45H74NO7P/c1-3-5-7-9-11-13-15-17-19-20-21-22-23-25-27-29-31-33-35-37-40-50-42-44(43-52-54(48,49)51-41-39-46)53-45(47)38-36-34-32-30-28-26-24-18-16-14-12-10-8-6-4-2/h5-8,11-14,17-19,21-22,24-25,27-28,30,44H,3-4,9-10,15-16,20,23,26,29,31-43,46H2,1-2H3,(H,48,49)/b7-5-,8-6-,13-11-,14-12-,19-17-,22-21-,24-18-,27-25-,30-28-. The van der Waals surface area contributed by atoms with Gasteiger partial charge >= 0.3 is 13.8 Å². The summed E-state index contributed by atoms with van der Waals surface area (Å²) in [6.07, 6.45) is 55.4. The zero-order valence-electron chi connectivity index (χ0n) is 33.7. The molecule has 8 nitrogen and oxygen atoms in total. The van der Waals surface area contributed by atoms with Crippen molar-refractivity contribution >= 4 is 13.8 Å². The van der Waals surface area contributed by atoms with E-state index in [0.717, 1.165) is 103 Å². The molecule has 0 saturated carbocycles. The molecule has 0 aliphatic carbocycles. The number of ether oxygens (including phenoxy) is 2. The molecule has 0 amide bonds. The molecule has 0 heterocycles. The summed E-state index contributed by atoms with van der Waals surface area (Å²) in [5, 5.41) is 0. The van der Waals surface area contributed by atoms with E-state index in [0.29, 0.717) is 13.0 Å². The fourth-order valence-corrected chi connectivity index (χ4v) is 5.54. The molecule has 0 fully saturated rings. The normalized spacial score (nSPS) is 14.7. The Hall–Kier alpha value is -2.84. The van der Waals surface area contributed by atoms with Crippen molar-refractivity contribution in [3.63, 3.8) is 0 Å². The van der Waals surface area contributed by atoms with Crippen molar-refractivity contribution < 1.29 is 32.8 Å². The number of rotatable bonds is 37. The number of carbonyl (C=O) groups excluding carboxylic acids is 1. The van der Waals surface area contributed by atoms with Gasteiger partial charge in [0.05, 0.1) is 19.8 Å². The van der Waals surface area contributed by atoms with Gasteiger partial charge in [-0.3, -0.25) is 13.8 Å². The second-order valence-electron chi connectivity index (χ2n) is 12.7. The van der Waals surface area contributed by atoms with Crippen LogP contribution in [0.5, 0.6) is 0 Å². The summed E-state index contributed by atoms with van der Waals surface area (Å²) in [5.41, 5.74) is 5.36. The molecule has 306 valence electrons. The summed E-state index contributed by atoms with van der Waals surface area (Å²) < 4.78 is 33.3. The highest BCUT2D eigenvalue weighted by Gasteiger charge is 2.25. The van der Waals surface area contributed by atoms with Crippen molar-refractivity contribution in [2.45, 2.75) is 136 Å². The van der Waals surface area contributed by atoms with Crippen LogP contribution >= 0.6 is 7.82 Å². The summed E-state index contributed by atoms with van der Waals surface area (Å²) in [6.45, 7) is 4.52. The first-order chi connectivity index (χ1) is 26.4. The summed E-state index contributed by atoms with van der Waals surface area (Å²) in [4.78, 5) is 22.4. The Morgan fingerprint density at radius 3 is 1.44 bits per heavy atom. The van der Waals surface area contributed by atoms with E-state index in [1.54, 1.807) is 0 Å². The Labute approximate surface area is 329 Å². The molecule has 9 heteroatoms. The molecular formula is C45H74NO7P. The second-order valence-corrected chi connectivity index (χ2v) is 14.2. The van der Waals surface area contributed by atoms with E-state index in [1.807, 2.05) is 0 Å². The highest BCUT2D eigenvalue weighted by atomic mass is 31.2.